The number of methoxy groups -OCH3 is 1. The smallest absolute Gasteiger partial charge is 0.410 e. The number of ketones is 1. The monoisotopic (exact) mass is 592 g/mol. The van der Waals surface area contributed by atoms with E-state index >= 15 is 0 Å². The molecule has 0 saturated carbocycles. The van der Waals surface area contributed by atoms with E-state index in [1.165, 1.54) is 9.80 Å². The number of ether oxygens (including phenoxy) is 3. The second-order valence-corrected chi connectivity index (χ2v) is 12.2. The molecule has 1 fully saturated rings. The Balaban J connectivity index is 1.25. The number of hydrogen-bond donors (Lipinski definition) is 0. The highest BCUT2D eigenvalue weighted by atomic mass is 16.6. The van der Waals surface area contributed by atoms with Crippen LogP contribution in [0.5, 0.6) is 5.75 Å². The van der Waals surface area contributed by atoms with Crippen molar-refractivity contribution in [2.75, 3.05) is 33.4 Å². The minimum Gasteiger partial charge on any atom is -0.497 e. The first-order valence-electron chi connectivity index (χ1n) is 14.8. The van der Waals surface area contributed by atoms with E-state index in [0.29, 0.717) is 5.56 Å². The van der Waals surface area contributed by atoms with E-state index in [9.17, 15) is 14.4 Å². The van der Waals surface area contributed by atoms with E-state index in [4.69, 9.17) is 14.2 Å². The third-order valence-corrected chi connectivity index (χ3v) is 8.24. The summed E-state index contributed by atoms with van der Waals surface area (Å²) in [7, 11) is 1.61. The SMILES string of the molecule is COc1ccc2cc(C(=O)C3CN(C(=O)OC(C)(C)C)CCN3C(=O)OCC3c4ccccc4-c4ccccc43)ccc2c1. The number of benzene rings is 4. The molecule has 0 aromatic heterocycles. The molecule has 1 heterocycles. The Morgan fingerprint density at radius 1 is 0.795 bits per heavy atom. The minimum atomic E-state index is -0.942. The molecule has 1 unspecified atom stereocenters. The van der Waals surface area contributed by atoms with Gasteiger partial charge in [0.05, 0.1) is 13.7 Å². The Bertz CT molecular complexity index is 1700. The predicted molar refractivity (Wildman–Crippen MR) is 168 cm³/mol. The normalized spacial score (nSPS) is 16.3. The Hall–Kier alpha value is -4.85. The summed E-state index contributed by atoms with van der Waals surface area (Å²) in [5.41, 5.74) is 4.23. The van der Waals surface area contributed by atoms with Gasteiger partial charge in [0.25, 0.3) is 0 Å². The van der Waals surface area contributed by atoms with Crippen LogP contribution in [0.2, 0.25) is 0 Å². The van der Waals surface area contributed by atoms with Crippen molar-refractivity contribution in [3.05, 3.63) is 102 Å². The molecule has 0 N–H and O–H groups in total. The Morgan fingerprint density at radius 2 is 1.43 bits per heavy atom. The van der Waals surface area contributed by atoms with E-state index < -0.39 is 23.8 Å². The van der Waals surface area contributed by atoms with Gasteiger partial charge in [-0.05, 0) is 72.0 Å². The van der Waals surface area contributed by atoms with Crippen molar-refractivity contribution in [3.8, 4) is 16.9 Å². The summed E-state index contributed by atoms with van der Waals surface area (Å²) in [4.78, 5) is 43.7. The number of Topliss-reactive ketones (excluding diaryl/α,β-unsaturated/α-hetero) is 1. The van der Waals surface area contributed by atoms with Gasteiger partial charge in [0, 0.05) is 24.6 Å². The highest BCUT2D eigenvalue weighted by molar-refractivity contribution is 6.04. The van der Waals surface area contributed by atoms with Gasteiger partial charge in [0.1, 0.15) is 24.0 Å². The number of piperazine rings is 1. The summed E-state index contributed by atoms with van der Waals surface area (Å²) in [5, 5.41) is 1.79. The maximum atomic E-state index is 14.1. The molecule has 2 amide bonds. The molecule has 0 spiro atoms. The zero-order chi connectivity index (χ0) is 31.0. The van der Waals surface area contributed by atoms with Crippen molar-refractivity contribution in [2.24, 2.45) is 0 Å². The highest BCUT2D eigenvalue weighted by Crippen LogP contribution is 2.44. The average molecular weight is 593 g/mol. The van der Waals surface area contributed by atoms with Crippen LogP contribution in [0, 0.1) is 0 Å². The number of carbonyl (C=O) groups is 3. The van der Waals surface area contributed by atoms with Crippen molar-refractivity contribution in [2.45, 2.75) is 38.3 Å². The number of nitrogens with zero attached hydrogens (tertiary/aromatic N) is 2. The van der Waals surface area contributed by atoms with Crippen molar-refractivity contribution >= 4 is 28.7 Å². The number of amides is 2. The topological polar surface area (TPSA) is 85.4 Å². The van der Waals surface area contributed by atoms with Crippen LogP contribution in [0.4, 0.5) is 9.59 Å². The molecule has 0 bridgehead atoms. The lowest BCUT2D eigenvalue weighted by atomic mass is 9.97. The molecule has 4 aromatic rings. The second kappa shape index (κ2) is 11.7. The zero-order valence-corrected chi connectivity index (χ0v) is 25.4. The summed E-state index contributed by atoms with van der Waals surface area (Å²) < 4.78 is 16.9. The first-order chi connectivity index (χ1) is 21.1. The number of fused-ring (bicyclic) bond motifs is 4. The van der Waals surface area contributed by atoms with E-state index in [0.717, 1.165) is 38.8 Å². The molecular formula is C36H36N2O6. The van der Waals surface area contributed by atoms with Crippen LogP contribution in [0.25, 0.3) is 21.9 Å². The molecule has 1 aliphatic heterocycles. The van der Waals surface area contributed by atoms with E-state index in [1.54, 1.807) is 40.0 Å². The predicted octanol–water partition coefficient (Wildman–Crippen LogP) is 6.90. The molecule has 8 nitrogen and oxygen atoms in total. The molecule has 1 saturated heterocycles. The average Bonchev–Trinajstić information content (AvgIpc) is 3.35. The number of hydrogen-bond acceptors (Lipinski definition) is 6. The third-order valence-electron chi connectivity index (χ3n) is 8.24. The molecule has 4 aromatic carbocycles. The van der Waals surface area contributed by atoms with Gasteiger partial charge in [-0.15, -0.1) is 0 Å². The lowest BCUT2D eigenvalue weighted by Crippen LogP contribution is -2.60. The molecule has 0 radical (unpaired) electrons. The van der Waals surface area contributed by atoms with Crippen molar-refractivity contribution in [1.82, 2.24) is 9.80 Å². The van der Waals surface area contributed by atoms with Crippen molar-refractivity contribution in [1.29, 1.82) is 0 Å². The fourth-order valence-corrected chi connectivity index (χ4v) is 6.09. The van der Waals surface area contributed by atoms with Crippen LogP contribution in [0.3, 0.4) is 0 Å². The zero-order valence-electron chi connectivity index (χ0n) is 25.4. The van der Waals surface area contributed by atoms with Gasteiger partial charge in [-0.25, -0.2) is 9.59 Å². The van der Waals surface area contributed by atoms with Gasteiger partial charge in [-0.1, -0.05) is 66.7 Å². The maximum Gasteiger partial charge on any atom is 0.410 e. The number of carbonyl (C=O) groups excluding carboxylic acids is 3. The largest absolute Gasteiger partial charge is 0.497 e. The fraction of sp³-hybridized carbons (Fsp3) is 0.306. The van der Waals surface area contributed by atoms with E-state index in [2.05, 4.69) is 24.3 Å². The van der Waals surface area contributed by atoms with E-state index in [-0.39, 0.29) is 37.9 Å². The quantitative estimate of drug-likeness (QED) is 0.234. The standard InChI is InChI=1S/C36H36N2O6/c1-36(2,3)44-34(40)37-17-18-38(32(21-37)33(39)25-14-13-24-20-26(42-4)16-15-23(24)19-25)35(41)43-22-31-29-11-7-5-9-27(29)28-10-6-8-12-30(28)31/h5-16,19-20,31-32H,17-18,21-22H2,1-4H3. The summed E-state index contributed by atoms with van der Waals surface area (Å²) in [6.45, 7) is 5.88. The molecular weight excluding hydrogens is 556 g/mol. The summed E-state index contributed by atoms with van der Waals surface area (Å²) in [6, 6.07) is 26.4. The molecule has 8 heteroatoms. The van der Waals surface area contributed by atoms with Gasteiger partial charge >= 0.3 is 12.2 Å². The summed E-state index contributed by atoms with van der Waals surface area (Å²) >= 11 is 0. The van der Waals surface area contributed by atoms with Gasteiger partial charge in [0.2, 0.25) is 0 Å². The van der Waals surface area contributed by atoms with Crippen LogP contribution in [-0.4, -0.2) is 72.8 Å². The third kappa shape index (κ3) is 5.72. The molecule has 2 aliphatic rings. The molecule has 44 heavy (non-hydrogen) atoms. The minimum absolute atomic E-state index is 0.00140. The van der Waals surface area contributed by atoms with Crippen LogP contribution in [0.15, 0.2) is 84.9 Å². The lowest BCUT2D eigenvalue weighted by Gasteiger charge is -2.40. The summed E-state index contributed by atoms with van der Waals surface area (Å²) in [5.74, 6) is 0.337. The Kier molecular flexibility index (Phi) is 7.76. The Labute approximate surface area is 257 Å². The van der Waals surface area contributed by atoms with Crippen molar-refractivity contribution in [3.63, 3.8) is 0 Å². The first kappa shape index (κ1) is 29.2. The maximum absolute atomic E-state index is 14.1. The van der Waals surface area contributed by atoms with Crippen LogP contribution in [-0.2, 0) is 9.47 Å². The van der Waals surface area contributed by atoms with Gasteiger partial charge in [-0.2, -0.15) is 0 Å². The molecule has 6 rings (SSSR count). The molecule has 1 aliphatic carbocycles. The van der Waals surface area contributed by atoms with Crippen LogP contribution in [0.1, 0.15) is 48.2 Å². The summed E-state index contributed by atoms with van der Waals surface area (Å²) in [6.07, 6.45) is -1.10. The van der Waals surface area contributed by atoms with Crippen LogP contribution >= 0.6 is 0 Å². The van der Waals surface area contributed by atoms with Gasteiger partial charge in [0.15, 0.2) is 5.78 Å². The first-order valence-corrected chi connectivity index (χ1v) is 14.8. The highest BCUT2D eigenvalue weighted by Gasteiger charge is 2.40. The van der Waals surface area contributed by atoms with E-state index in [1.807, 2.05) is 48.5 Å². The molecule has 1 atom stereocenters. The fourth-order valence-electron chi connectivity index (χ4n) is 6.09. The second-order valence-electron chi connectivity index (χ2n) is 12.2. The van der Waals surface area contributed by atoms with Gasteiger partial charge < -0.3 is 19.1 Å². The van der Waals surface area contributed by atoms with Crippen molar-refractivity contribution < 1.29 is 28.6 Å². The Morgan fingerprint density at radius 3 is 2.09 bits per heavy atom. The number of rotatable bonds is 5. The lowest BCUT2D eigenvalue weighted by molar-refractivity contribution is 0.00349. The van der Waals surface area contributed by atoms with Crippen LogP contribution < -0.4 is 4.74 Å². The van der Waals surface area contributed by atoms with Gasteiger partial charge in [-0.3, -0.25) is 9.69 Å². The molecule has 226 valence electrons.